The number of hydrogen-bond donors (Lipinski definition) is 4. The summed E-state index contributed by atoms with van der Waals surface area (Å²) in [7, 11) is -4.48. The molecule has 0 fully saturated rings. The van der Waals surface area contributed by atoms with Gasteiger partial charge in [0.2, 0.25) is 0 Å². The van der Waals surface area contributed by atoms with Crippen LogP contribution in [0.5, 0.6) is 0 Å². The van der Waals surface area contributed by atoms with Gasteiger partial charge >= 0.3 is 17.9 Å². The minimum atomic E-state index is -4.48. The van der Waals surface area contributed by atoms with Crippen molar-refractivity contribution < 1.29 is 42.7 Å². The van der Waals surface area contributed by atoms with E-state index in [1.54, 1.807) is 6.92 Å². The molecule has 0 radical (unpaired) electrons. The van der Waals surface area contributed by atoms with Gasteiger partial charge in [-0.05, 0) is 25.0 Å². The van der Waals surface area contributed by atoms with E-state index in [-0.39, 0.29) is 18.5 Å². The molecule has 0 saturated heterocycles. The van der Waals surface area contributed by atoms with Crippen LogP contribution < -0.4 is 0 Å². The van der Waals surface area contributed by atoms with Crippen LogP contribution in [0.2, 0.25) is 0 Å². The molecule has 10 nitrogen and oxygen atoms in total. The number of hydrogen-bond acceptors (Lipinski definition) is 6. The Balaban J connectivity index is 3.33. The van der Waals surface area contributed by atoms with Gasteiger partial charge in [-0.25, -0.2) is 0 Å². The number of pyridine rings is 1. The lowest BCUT2D eigenvalue weighted by Crippen LogP contribution is -2.36. The third-order valence-electron chi connectivity index (χ3n) is 4.38. The number of aromatic nitrogens is 1. The van der Waals surface area contributed by atoms with Gasteiger partial charge in [-0.2, -0.15) is 8.42 Å². The van der Waals surface area contributed by atoms with Crippen LogP contribution in [-0.2, 0) is 24.5 Å². The lowest BCUT2D eigenvalue weighted by Gasteiger charge is -2.28. The fourth-order valence-electron chi connectivity index (χ4n) is 2.92. The Morgan fingerprint density at radius 3 is 2.00 bits per heavy atom. The van der Waals surface area contributed by atoms with Gasteiger partial charge in [-0.1, -0.05) is 13.8 Å². The van der Waals surface area contributed by atoms with Gasteiger partial charge in [0.05, 0.1) is 17.8 Å². The first-order valence-electron chi connectivity index (χ1n) is 8.01. The van der Waals surface area contributed by atoms with E-state index >= 15 is 0 Å². The van der Waals surface area contributed by atoms with Gasteiger partial charge in [0, 0.05) is 17.8 Å². The third kappa shape index (κ3) is 5.73. The van der Waals surface area contributed by atoms with Crippen molar-refractivity contribution in [1.82, 2.24) is 4.98 Å². The molecule has 0 bridgehead atoms. The molecule has 0 amide bonds. The molecule has 27 heavy (non-hydrogen) atoms. The first-order valence-corrected chi connectivity index (χ1v) is 9.46. The highest BCUT2D eigenvalue weighted by atomic mass is 32.2. The summed E-state index contributed by atoms with van der Waals surface area (Å²) in [6, 6.07) is 2.24. The number of carboxylic acids is 3. The zero-order valence-corrected chi connectivity index (χ0v) is 15.5. The Bertz CT molecular complexity index is 804. The van der Waals surface area contributed by atoms with Crippen LogP contribution >= 0.6 is 0 Å². The van der Waals surface area contributed by atoms with Gasteiger partial charge in [-0.15, -0.1) is 0 Å². The molecule has 0 saturated carbocycles. The molecular formula is C16H21NO9S. The summed E-state index contributed by atoms with van der Waals surface area (Å²) in [6.07, 6.45) is 0.629. The van der Waals surface area contributed by atoms with Crippen LogP contribution in [0.1, 0.15) is 38.3 Å². The molecule has 1 aromatic rings. The maximum Gasteiger partial charge on any atom is 0.308 e. The number of nitrogens with zero attached hydrogens (tertiary/aromatic N) is 1. The van der Waals surface area contributed by atoms with Crippen molar-refractivity contribution in [3.8, 4) is 0 Å². The van der Waals surface area contributed by atoms with Gasteiger partial charge < -0.3 is 15.3 Å². The highest BCUT2D eigenvalue weighted by Gasteiger charge is 2.41. The molecule has 4 unspecified atom stereocenters. The molecule has 0 aliphatic rings. The zero-order valence-electron chi connectivity index (χ0n) is 14.6. The van der Waals surface area contributed by atoms with Crippen LogP contribution in [0, 0.1) is 17.8 Å². The summed E-state index contributed by atoms with van der Waals surface area (Å²) < 4.78 is 31.2. The van der Waals surface area contributed by atoms with Crippen molar-refractivity contribution >= 4 is 28.0 Å². The summed E-state index contributed by atoms with van der Waals surface area (Å²) in [5.41, 5.74) is 0.131. The molecule has 150 valence electrons. The predicted molar refractivity (Wildman–Crippen MR) is 90.8 cm³/mol. The quantitative estimate of drug-likeness (QED) is 0.416. The molecular weight excluding hydrogens is 382 g/mol. The molecule has 1 rings (SSSR count). The van der Waals surface area contributed by atoms with Gasteiger partial charge in [-0.3, -0.25) is 23.9 Å². The first-order chi connectivity index (χ1) is 12.4. The van der Waals surface area contributed by atoms with Gasteiger partial charge in [0.1, 0.15) is 4.90 Å². The minimum Gasteiger partial charge on any atom is -0.481 e. The number of aliphatic carboxylic acids is 3. The van der Waals surface area contributed by atoms with Gasteiger partial charge in [0.25, 0.3) is 10.1 Å². The van der Waals surface area contributed by atoms with Crippen LogP contribution in [0.3, 0.4) is 0 Å². The van der Waals surface area contributed by atoms with E-state index in [1.807, 2.05) is 0 Å². The molecule has 1 heterocycles. The van der Waals surface area contributed by atoms with E-state index in [2.05, 4.69) is 4.98 Å². The predicted octanol–water partition coefficient (Wildman–Crippen LogP) is 1.33. The average molecular weight is 403 g/mol. The molecule has 11 heteroatoms. The topological polar surface area (TPSA) is 179 Å². The second kappa shape index (κ2) is 8.91. The Labute approximate surface area is 155 Å². The summed E-state index contributed by atoms with van der Waals surface area (Å²) >= 11 is 0. The van der Waals surface area contributed by atoms with Crippen molar-refractivity contribution in [2.24, 2.45) is 17.8 Å². The van der Waals surface area contributed by atoms with Crippen molar-refractivity contribution in [1.29, 1.82) is 0 Å². The number of rotatable bonds is 10. The van der Waals surface area contributed by atoms with E-state index in [4.69, 9.17) is 9.66 Å². The van der Waals surface area contributed by atoms with Crippen molar-refractivity contribution in [3.63, 3.8) is 0 Å². The highest BCUT2D eigenvalue weighted by Crippen LogP contribution is 2.36. The minimum absolute atomic E-state index is 0.131. The largest absolute Gasteiger partial charge is 0.481 e. The Morgan fingerprint density at radius 1 is 1.07 bits per heavy atom. The van der Waals surface area contributed by atoms with Gasteiger partial charge in [0.15, 0.2) is 0 Å². The molecule has 0 aliphatic carbocycles. The van der Waals surface area contributed by atoms with Crippen LogP contribution in [0.4, 0.5) is 0 Å². The fourth-order valence-corrected chi connectivity index (χ4v) is 3.34. The first kappa shape index (κ1) is 22.5. The Hall–Kier alpha value is -2.53. The molecule has 4 N–H and O–H groups in total. The van der Waals surface area contributed by atoms with E-state index in [9.17, 15) is 33.0 Å². The van der Waals surface area contributed by atoms with E-state index < -0.39 is 56.6 Å². The molecule has 0 spiro atoms. The standard InChI is InChI=1S/C16H21NO9S/c1-3-10(12-5-4-9(7-17-12)27(24,25)26)13(16(22)23)11(15(20)21)6-8(2)14(18)19/h4-5,7-8,10-11,13H,3,6H2,1-2H3,(H,18,19)(H,20,21)(H,22,23)(H,24,25,26). The number of carboxylic acid groups (broad SMARTS) is 3. The Kier molecular flexibility index (Phi) is 7.43. The van der Waals surface area contributed by atoms with Crippen molar-refractivity contribution in [2.45, 2.75) is 37.5 Å². The lowest BCUT2D eigenvalue weighted by atomic mass is 9.75. The molecule has 4 atom stereocenters. The second-order valence-electron chi connectivity index (χ2n) is 6.19. The summed E-state index contributed by atoms with van der Waals surface area (Å²) in [6.45, 7) is 2.90. The fraction of sp³-hybridized carbons (Fsp3) is 0.500. The number of carbonyl (C=O) groups is 3. The highest BCUT2D eigenvalue weighted by molar-refractivity contribution is 7.85. The maximum absolute atomic E-state index is 11.8. The second-order valence-corrected chi connectivity index (χ2v) is 7.61. The van der Waals surface area contributed by atoms with Crippen molar-refractivity contribution in [2.75, 3.05) is 0 Å². The van der Waals surface area contributed by atoms with Crippen LogP contribution in [0.25, 0.3) is 0 Å². The third-order valence-corrected chi connectivity index (χ3v) is 5.21. The lowest BCUT2D eigenvalue weighted by molar-refractivity contribution is -0.157. The molecule has 1 aromatic heterocycles. The summed E-state index contributed by atoms with van der Waals surface area (Å²) in [5.74, 6) is -9.04. The van der Waals surface area contributed by atoms with Crippen LogP contribution in [0.15, 0.2) is 23.2 Å². The monoisotopic (exact) mass is 403 g/mol. The smallest absolute Gasteiger partial charge is 0.308 e. The average Bonchev–Trinajstić information content (AvgIpc) is 2.56. The summed E-state index contributed by atoms with van der Waals surface area (Å²) in [5, 5.41) is 28.1. The van der Waals surface area contributed by atoms with E-state index in [0.717, 1.165) is 12.3 Å². The maximum atomic E-state index is 11.8. The summed E-state index contributed by atoms with van der Waals surface area (Å²) in [4.78, 5) is 37.9. The van der Waals surface area contributed by atoms with Crippen LogP contribution in [-0.4, -0.2) is 51.2 Å². The van der Waals surface area contributed by atoms with E-state index in [1.165, 1.54) is 13.0 Å². The SMILES string of the molecule is CCC(c1ccc(S(=O)(=O)O)cn1)C(C(=O)O)C(CC(C)C(=O)O)C(=O)O. The molecule has 0 aromatic carbocycles. The molecule has 0 aliphatic heterocycles. The van der Waals surface area contributed by atoms with Crippen molar-refractivity contribution in [3.05, 3.63) is 24.0 Å². The zero-order chi connectivity index (χ0) is 20.9. The van der Waals surface area contributed by atoms with E-state index in [0.29, 0.717) is 0 Å². The Morgan fingerprint density at radius 2 is 1.67 bits per heavy atom. The normalized spacial score (nSPS) is 16.1.